The van der Waals surface area contributed by atoms with Crippen molar-refractivity contribution in [3.05, 3.63) is 59.4 Å². The van der Waals surface area contributed by atoms with E-state index in [1.807, 2.05) is 24.3 Å². The van der Waals surface area contributed by atoms with Gasteiger partial charge in [0.25, 0.3) is 0 Å². The molecule has 0 spiro atoms. The molecule has 1 aromatic carbocycles. The van der Waals surface area contributed by atoms with Crippen molar-refractivity contribution in [1.82, 2.24) is 4.57 Å². The molecule has 0 radical (unpaired) electrons. The molecule has 1 aromatic heterocycles. The van der Waals surface area contributed by atoms with Crippen molar-refractivity contribution in [2.45, 2.75) is 32.4 Å². The van der Waals surface area contributed by atoms with Gasteiger partial charge in [-0.15, -0.1) is 0 Å². The monoisotopic (exact) mass is 253 g/mol. The second kappa shape index (κ2) is 6.21. The predicted molar refractivity (Wildman–Crippen MR) is 76.7 cm³/mol. The van der Waals surface area contributed by atoms with Crippen LogP contribution in [0.25, 0.3) is 0 Å². The molecule has 1 heterocycles. The Hall–Kier alpha value is -2.05. The zero-order valence-corrected chi connectivity index (χ0v) is 11.2. The Kier molecular flexibility index (Phi) is 4.38. The van der Waals surface area contributed by atoms with Crippen molar-refractivity contribution in [1.29, 1.82) is 5.26 Å². The van der Waals surface area contributed by atoms with Crippen LogP contribution in [0.2, 0.25) is 0 Å². The Morgan fingerprint density at radius 2 is 1.95 bits per heavy atom. The van der Waals surface area contributed by atoms with Crippen molar-refractivity contribution >= 4 is 0 Å². The van der Waals surface area contributed by atoms with Crippen LogP contribution in [0.15, 0.2) is 42.7 Å². The molecule has 0 aliphatic rings. The van der Waals surface area contributed by atoms with Crippen LogP contribution in [0.5, 0.6) is 0 Å². The highest BCUT2D eigenvalue weighted by Gasteiger charge is 2.03. The predicted octanol–water partition coefficient (Wildman–Crippen LogP) is 2.69. The van der Waals surface area contributed by atoms with Crippen molar-refractivity contribution in [3.8, 4) is 6.07 Å². The van der Waals surface area contributed by atoms with Gasteiger partial charge in [-0.2, -0.15) is 5.26 Å². The number of nitriles is 1. The molecule has 0 saturated heterocycles. The minimum atomic E-state index is 0.241. The zero-order chi connectivity index (χ0) is 13.7. The van der Waals surface area contributed by atoms with Gasteiger partial charge in [0.2, 0.25) is 0 Å². The maximum Gasteiger partial charge on any atom is 0.0991 e. The lowest BCUT2D eigenvalue weighted by Gasteiger charge is -2.06. The molecule has 0 aliphatic heterocycles. The normalized spacial score (nSPS) is 12.1. The third-order valence-electron chi connectivity index (χ3n) is 3.28. The lowest BCUT2D eigenvalue weighted by atomic mass is 10.1. The molecule has 0 bridgehead atoms. The van der Waals surface area contributed by atoms with Crippen molar-refractivity contribution in [3.63, 3.8) is 0 Å². The number of nitrogens with zero attached hydrogens (tertiary/aromatic N) is 2. The number of rotatable bonds is 5. The Morgan fingerprint density at radius 3 is 2.58 bits per heavy atom. The number of aromatic nitrogens is 1. The van der Waals surface area contributed by atoms with Gasteiger partial charge in [0.1, 0.15) is 0 Å². The van der Waals surface area contributed by atoms with Crippen molar-refractivity contribution in [2.75, 3.05) is 0 Å². The first kappa shape index (κ1) is 13.4. The first-order chi connectivity index (χ1) is 9.21. The van der Waals surface area contributed by atoms with Gasteiger partial charge in [-0.25, -0.2) is 0 Å². The van der Waals surface area contributed by atoms with Gasteiger partial charge in [-0.1, -0.05) is 19.1 Å². The van der Waals surface area contributed by atoms with Gasteiger partial charge in [0.15, 0.2) is 0 Å². The molecule has 1 unspecified atom stereocenters. The highest BCUT2D eigenvalue weighted by molar-refractivity contribution is 5.31. The van der Waals surface area contributed by atoms with Crippen LogP contribution in [0.3, 0.4) is 0 Å². The number of hydrogen-bond acceptors (Lipinski definition) is 2. The van der Waals surface area contributed by atoms with Gasteiger partial charge < -0.3 is 10.3 Å². The molecule has 3 nitrogen and oxygen atoms in total. The highest BCUT2D eigenvalue weighted by atomic mass is 14.9. The first-order valence-electron chi connectivity index (χ1n) is 6.60. The van der Waals surface area contributed by atoms with E-state index in [4.69, 9.17) is 11.0 Å². The molecule has 2 N–H and O–H groups in total. The summed E-state index contributed by atoms with van der Waals surface area (Å²) in [6.07, 6.45) is 6.15. The third-order valence-corrected chi connectivity index (χ3v) is 3.28. The number of hydrogen-bond donors (Lipinski definition) is 1. The number of benzene rings is 1. The molecule has 2 aromatic rings. The van der Waals surface area contributed by atoms with E-state index in [2.05, 4.69) is 36.0 Å². The van der Waals surface area contributed by atoms with Crippen LogP contribution < -0.4 is 5.73 Å². The zero-order valence-electron chi connectivity index (χ0n) is 11.2. The van der Waals surface area contributed by atoms with Crippen LogP contribution in [-0.4, -0.2) is 10.6 Å². The molecule has 0 amide bonds. The molecule has 19 heavy (non-hydrogen) atoms. The fourth-order valence-corrected chi connectivity index (χ4v) is 2.05. The Bertz CT molecular complexity index is 560. The van der Waals surface area contributed by atoms with Gasteiger partial charge in [-0.05, 0) is 42.2 Å². The van der Waals surface area contributed by atoms with E-state index in [0.29, 0.717) is 5.56 Å². The largest absolute Gasteiger partial charge is 0.350 e. The molecule has 2 rings (SSSR count). The summed E-state index contributed by atoms with van der Waals surface area (Å²) in [7, 11) is 0. The van der Waals surface area contributed by atoms with Gasteiger partial charge >= 0.3 is 0 Å². The molecular formula is C16H19N3. The van der Waals surface area contributed by atoms with Gasteiger partial charge in [-0.3, -0.25) is 0 Å². The summed E-state index contributed by atoms with van der Waals surface area (Å²) < 4.78 is 2.15. The molecule has 0 saturated carbocycles. The topological polar surface area (TPSA) is 54.7 Å². The van der Waals surface area contributed by atoms with E-state index in [0.717, 1.165) is 19.4 Å². The molecule has 1 atom stereocenters. The summed E-state index contributed by atoms with van der Waals surface area (Å²) in [4.78, 5) is 0. The minimum absolute atomic E-state index is 0.241. The summed E-state index contributed by atoms with van der Waals surface area (Å²) >= 11 is 0. The van der Waals surface area contributed by atoms with E-state index in [1.54, 1.807) is 0 Å². The molecule has 3 heteroatoms. The Morgan fingerprint density at radius 1 is 1.21 bits per heavy atom. The lowest BCUT2D eigenvalue weighted by Crippen LogP contribution is -2.21. The standard InChI is InChI=1S/C16H19N3/c1-2-16(18)9-15-7-8-19(12-15)11-14-5-3-13(10-17)4-6-14/h3-8,12,16H,2,9,11,18H2,1H3. The lowest BCUT2D eigenvalue weighted by molar-refractivity contribution is 0.645. The fraction of sp³-hybridized carbons (Fsp3) is 0.312. The molecule has 0 fully saturated rings. The Balaban J connectivity index is 2.01. The summed E-state index contributed by atoms with van der Waals surface area (Å²) in [6, 6.07) is 12.2. The molecular weight excluding hydrogens is 234 g/mol. The summed E-state index contributed by atoms with van der Waals surface area (Å²) in [6.45, 7) is 2.94. The summed E-state index contributed by atoms with van der Waals surface area (Å²) in [5, 5.41) is 8.76. The molecule has 0 aliphatic carbocycles. The van der Waals surface area contributed by atoms with E-state index in [-0.39, 0.29) is 6.04 Å². The quantitative estimate of drug-likeness (QED) is 0.890. The average Bonchev–Trinajstić information content (AvgIpc) is 2.86. The number of nitrogens with two attached hydrogens (primary N) is 1. The second-order valence-corrected chi connectivity index (χ2v) is 4.87. The first-order valence-corrected chi connectivity index (χ1v) is 6.60. The van der Waals surface area contributed by atoms with Gasteiger partial charge in [0.05, 0.1) is 11.6 Å². The highest BCUT2D eigenvalue weighted by Crippen LogP contribution is 2.10. The molecule has 98 valence electrons. The smallest absolute Gasteiger partial charge is 0.0991 e. The van der Waals surface area contributed by atoms with E-state index in [9.17, 15) is 0 Å². The van der Waals surface area contributed by atoms with Crippen LogP contribution in [0.1, 0.15) is 30.0 Å². The van der Waals surface area contributed by atoms with Crippen LogP contribution >= 0.6 is 0 Å². The van der Waals surface area contributed by atoms with Crippen molar-refractivity contribution < 1.29 is 0 Å². The van der Waals surface area contributed by atoms with E-state index >= 15 is 0 Å². The maximum absolute atomic E-state index is 8.76. The summed E-state index contributed by atoms with van der Waals surface area (Å²) in [5.41, 5.74) is 9.13. The average molecular weight is 253 g/mol. The van der Waals surface area contributed by atoms with Crippen LogP contribution in [0, 0.1) is 11.3 Å². The SMILES string of the molecule is CCC(N)Cc1ccn(Cc2ccc(C#N)cc2)c1. The van der Waals surface area contributed by atoms with Gasteiger partial charge in [0, 0.05) is 25.0 Å². The van der Waals surface area contributed by atoms with Crippen LogP contribution in [0.4, 0.5) is 0 Å². The maximum atomic E-state index is 8.76. The van der Waals surface area contributed by atoms with Crippen LogP contribution in [-0.2, 0) is 13.0 Å². The van der Waals surface area contributed by atoms with E-state index < -0.39 is 0 Å². The Labute approximate surface area is 114 Å². The minimum Gasteiger partial charge on any atom is -0.350 e. The second-order valence-electron chi connectivity index (χ2n) is 4.87. The third kappa shape index (κ3) is 3.70. The summed E-state index contributed by atoms with van der Waals surface area (Å²) in [5.74, 6) is 0. The van der Waals surface area contributed by atoms with Crippen molar-refractivity contribution in [2.24, 2.45) is 5.73 Å². The van der Waals surface area contributed by atoms with E-state index in [1.165, 1.54) is 11.1 Å². The fourth-order valence-electron chi connectivity index (χ4n) is 2.05.